The maximum absolute atomic E-state index is 5.03. The molecule has 0 aliphatic carbocycles. The topological polar surface area (TPSA) is 22.1 Å². The summed E-state index contributed by atoms with van der Waals surface area (Å²) in [6, 6.07) is 6.20. The first-order valence-electron chi connectivity index (χ1n) is 4.99. The fourth-order valence-electron chi connectivity index (χ4n) is 1.24. The van der Waals surface area contributed by atoms with Crippen molar-refractivity contribution in [3.05, 3.63) is 29.6 Å². The molecule has 0 amide bonds. The largest absolute Gasteiger partial charge is 0.384 e. The van der Waals surface area contributed by atoms with Crippen LogP contribution < -0.4 is 0 Å². The minimum Gasteiger partial charge on any atom is -0.384 e. The van der Waals surface area contributed by atoms with Gasteiger partial charge in [0, 0.05) is 30.3 Å². The summed E-state index contributed by atoms with van der Waals surface area (Å²) in [4.78, 5) is 4.60. The van der Waals surface area contributed by atoms with Crippen LogP contribution in [0, 0.1) is 0 Å². The van der Waals surface area contributed by atoms with E-state index in [4.69, 9.17) is 4.74 Å². The lowest BCUT2D eigenvalue weighted by atomic mass is 9.91. The van der Waals surface area contributed by atoms with Crippen LogP contribution in [0.15, 0.2) is 18.2 Å². The molecule has 1 aromatic rings. The summed E-state index contributed by atoms with van der Waals surface area (Å²) in [5.41, 5.74) is 2.38. The SMILES string of the molecule is COCCc1cccc(C(C)(C)C)n1. The van der Waals surface area contributed by atoms with Crippen molar-refractivity contribution >= 4 is 0 Å². The van der Waals surface area contributed by atoms with E-state index in [1.165, 1.54) is 0 Å². The highest BCUT2D eigenvalue weighted by molar-refractivity contribution is 5.17. The van der Waals surface area contributed by atoms with Crippen molar-refractivity contribution in [2.75, 3.05) is 13.7 Å². The Morgan fingerprint density at radius 2 is 2.00 bits per heavy atom. The van der Waals surface area contributed by atoms with Gasteiger partial charge in [0.1, 0.15) is 0 Å². The van der Waals surface area contributed by atoms with E-state index in [9.17, 15) is 0 Å². The molecule has 0 N–H and O–H groups in total. The number of aromatic nitrogens is 1. The molecular weight excluding hydrogens is 174 g/mol. The first kappa shape index (κ1) is 11.2. The van der Waals surface area contributed by atoms with Crippen LogP contribution in [0.1, 0.15) is 32.2 Å². The van der Waals surface area contributed by atoms with Crippen LogP contribution in [0.4, 0.5) is 0 Å². The maximum Gasteiger partial charge on any atom is 0.0517 e. The van der Waals surface area contributed by atoms with Gasteiger partial charge < -0.3 is 4.74 Å². The van der Waals surface area contributed by atoms with Crippen molar-refractivity contribution in [2.24, 2.45) is 0 Å². The number of hydrogen-bond acceptors (Lipinski definition) is 2. The summed E-state index contributed by atoms with van der Waals surface area (Å²) in [5.74, 6) is 0. The van der Waals surface area contributed by atoms with Crippen LogP contribution in [-0.2, 0) is 16.6 Å². The van der Waals surface area contributed by atoms with Crippen molar-refractivity contribution in [1.29, 1.82) is 0 Å². The molecule has 0 aromatic carbocycles. The fourth-order valence-corrected chi connectivity index (χ4v) is 1.24. The number of ether oxygens (including phenoxy) is 1. The highest BCUT2D eigenvalue weighted by Gasteiger charge is 2.14. The van der Waals surface area contributed by atoms with Crippen LogP contribution in [0.3, 0.4) is 0 Å². The summed E-state index contributed by atoms with van der Waals surface area (Å²) in [6.07, 6.45) is 0.889. The molecule has 0 saturated heterocycles. The van der Waals surface area contributed by atoms with Gasteiger partial charge in [-0.2, -0.15) is 0 Å². The van der Waals surface area contributed by atoms with Crippen molar-refractivity contribution in [3.8, 4) is 0 Å². The molecule has 2 nitrogen and oxygen atoms in total. The normalized spacial score (nSPS) is 11.7. The fraction of sp³-hybridized carbons (Fsp3) is 0.583. The second-order valence-electron chi connectivity index (χ2n) is 4.51. The molecule has 2 heteroatoms. The quantitative estimate of drug-likeness (QED) is 0.736. The minimum atomic E-state index is 0.128. The highest BCUT2D eigenvalue weighted by Crippen LogP contribution is 2.19. The Balaban J connectivity index is 2.79. The molecule has 0 fully saturated rings. The molecule has 1 aromatic heterocycles. The van der Waals surface area contributed by atoms with Crippen molar-refractivity contribution in [1.82, 2.24) is 4.98 Å². The van der Waals surface area contributed by atoms with Gasteiger partial charge in [-0.25, -0.2) is 0 Å². The summed E-state index contributed by atoms with van der Waals surface area (Å²) in [7, 11) is 1.72. The lowest BCUT2D eigenvalue weighted by molar-refractivity contribution is 0.201. The standard InChI is InChI=1S/C12H19NO/c1-12(2,3)11-7-5-6-10(13-11)8-9-14-4/h5-7H,8-9H2,1-4H3. The Morgan fingerprint density at radius 1 is 1.29 bits per heavy atom. The van der Waals surface area contributed by atoms with E-state index in [1.54, 1.807) is 7.11 Å². The van der Waals surface area contributed by atoms with Gasteiger partial charge in [0.2, 0.25) is 0 Å². The zero-order chi connectivity index (χ0) is 10.6. The molecule has 0 aliphatic heterocycles. The first-order chi connectivity index (χ1) is 6.54. The molecule has 0 spiro atoms. The van der Waals surface area contributed by atoms with Gasteiger partial charge in [0.15, 0.2) is 0 Å². The predicted molar refractivity (Wildman–Crippen MR) is 58.5 cm³/mol. The zero-order valence-electron chi connectivity index (χ0n) is 9.50. The molecule has 0 atom stereocenters. The number of nitrogens with zero attached hydrogens (tertiary/aromatic N) is 1. The minimum absolute atomic E-state index is 0.128. The van der Waals surface area contributed by atoms with Gasteiger partial charge in [0.05, 0.1) is 6.61 Å². The van der Waals surface area contributed by atoms with Crippen LogP contribution in [-0.4, -0.2) is 18.7 Å². The summed E-state index contributed by atoms with van der Waals surface area (Å²) >= 11 is 0. The maximum atomic E-state index is 5.03. The van der Waals surface area contributed by atoms with Gasteiger partial charge in [-0.05, 0) is 12.1 Å². The molecule has 0 aliphatic rings. The van der Waals surface area contributed by atoms with Crippen LogP contribution in [0.2, 0.25) is 0 Å². The van der Waals surface area contributed by atoms with Crippen LogP contribution in [0.5, 0.6) is 0 Å². The van der Waals surface area contributed by atoms with Gasteiger partial charge in [0.25, 0.3) is 0 Å². The molecule has 78 valence electrons. The Hall–Kier alpha value is -0.890. The Labute approximate surface area is 86.3 Å². The second-order valence-corrected chi connectivity index (χ2v) is 4.51. The number of hydrogen-bond donors (Lipinski definition) is 0. The number of rotatable bonds is 3. The van der Waals surface area contributed by atoms with Gasteiger partial charge in [-0.1, -0.05) is 26.8 Å². The van der Waals surface area contributed by atoms with Gasteiger partial charge in [-0.15, -0.1) is 0 Å². The van der Waals surface area contributed by atoms with E-state index < -0.39 is 0 Å². The van der Waals surface area contributed by atoms with Crippen LogP contribution in [0.25, 0.3) is 0 Å². The third kappa shape index (κ3) is 3.11. The lowest BCUT2D eigenvalue weighted by Gasteiger charge is -2.18. The molecule has 1 rings (SSSR count). The smallest absolute Gasteiger partial charge is 0.0517 e. The van der Waals surface area contributed by atoms with E-state index in [-0.39, 0.29) is 5.41 Å². The van der Waals surface area contributed by atoms with Gasteiger partial charge in [-0.3, -0.25) is 4.98 Å². The van der Waals surface area contributed by atoms with E-state index >= 15 is 0 Å². The lowest BCUT2D eigenvalue weighted by Crippen LogP contribution is -2.14. The number of pyridine rings is 1. The highest BCUT2D eigenvalue weighted by atomic mass is 16.5. The van der Waals surface area contributed by atoms with E-state index in [0.29, 0.717) is 0 Å². The molecule has 0 bridgehead atoms. The molecule has 0 saturated carbocycles. The van der Waals surface area contributed by atoms with Crippen molar-refractivity contribution in [2.45, 2.75) is 32.6 Å². The first-order valence-corrected chi connectivity index (χ1v) is 4.99. The molecular formula is C12H19NO. The van der Waals surface area contributed by atoms with E-state index in [2.05, 4.69) is 37.9 Å². The Bertz CT molecular complexity index is 289. The van der Waals surface area contributed by atoms with E-state index in [0.717, 1.165) is 24.4 Å². The van der Waals surface area contributed by atoms with Crippen LogP contribution >= 0.6 is 0 Å². The second kappa shape index (κ2) is 4.56. The predicted octanol–water partition coefficient (Wildman–Crippen LogP) is 2.57. The molecule has 0 unspecified atom stereocenters. The summed E-state index contributed by atoms with van der Waals surface area (Å²) in [6.45, 7) is 7.26. The van der Waals surface area contributed by atoms with Gasteiger partial charge >= 0.3 is 0 Å². The molecule has 0 radical (unpaired) electrons. The summed E-state index contributed by atoms with van der Waals surface area (Å²) in [5, 5.41) is 0. The van der Waals surface area contributed by atoms with Crippen molar-refractivity contribution in [3.63, 3.8) is 0 Å². The molecule has 1 heterocycles. The molecule has 14 heavy (non-hydrogen) atoms. The van der Waals surface area contributed by atoms with E-state index in [1.807, 2.05) is 6.07 Å². The third-order valence-corrected chi connectivity index (χ3v) is 2.14. The Kier molecular flexibility index (Phi) is 3.64. The third-order valence-electron chi connectivity index (χ3n) is 2.14. The summed E-state index contributed by atoms with van der Waals surface area (Å²) < 4.78 is 5.03. The Morgan fingerprint density at radius 3 is 2.57 bits per heavy atom. The average Bonchev–Trinajstić information content (AvgIpc) is 2.14. The number of methoxy groups -OCH3 is 1. The average molecular weight is 193 g/mol. The monoisotopic (exact) mass is 193 g/mol. The zero-order valence-corrected chi connectivity index (χ0v) is 9.50. The van der Waals surface area contributed by atoms with Crippen molar-refractivity contribution < 1.29 is 4.74 Å².